The zero-order valence-electron chi connectivity index (χ0n) is 10.1. The number of hydrogen-bond acceptors (Lipinski definition) is 4. The van der Waals surface area contributed by atoms with E-state index in [1.54, 1.807) is 0 Å². The Labute approximate surface area is 104 Å². The lowest BCUT2D eigenvalue weighted by molar-refractivity contribution is 0.347. The van der Waals surface area contributed by atoms with Crippen LogP contribution in [-0.2, 0) is 5.41 Å². The topological polar surface area (TPSA) is 64.9 Å². The Morgan fingerprint density at radius 3 is 2.78 bits per heavy atom. The van der Waals surface area contributed by atoms with Gasteiger partial charge in [0.25, 0.3) is 0 Å². The molecule has 1 aromatic heterocycles. The van der Waals surface area contributed by atoms with Gasteiger partial charge >= 0.3 is 0 Å². The maximum atomic E-state index is 13.3. The summed E-state index contributed by atoms with van der Waals surface area (Å²) < 4.78 is 18.6. The van der Waals surface area contributed by atoms with Crippen LogP contribution in [0.4, 0.5) is 4.39 Å². The molecule has 0 amide bonds. The zero-order valence-corrected chi connectivity index (χ0v) is 10.1. The molecule has 4 nitrogen and oxygen atoms in total. The summed E-state index contributed by atoms with van der Waals surface area (Å²) in [6.45, 7) is 2.34. The highest BCUT2D eigenvalue weighted by atomic mass is 19.1. The van der Waals surface area contributed by atoms with Gasteiger partial charge in [0, 0.05) is 12.1 Å². The number of nitrogens with zero attached hydrogens (tertiary/aromatic N) is 2. The maximum Gasteiger partial charge on any atom is 0.234 e. The Bertz CT molecular complexity index is 569. The van der Waals surface area contributed by atoms with Gasteiger partial charge < -0.3 is 10.3 Å². The maximum absolute atomic E-state index is 13.3. The van der Waals surface area contributed by atoms with E-state index in [2.05, 4.69) is 10.1 Å². The van der Waals surface area contributed by atoms with E-state index in [4.69, 9.17) is 10.3 Å². The van der Waals surface area contributed by atoms with Gasteiger partial charge in [-0.3, -0.25) is 0 Å². The van der Waals surface area contributed by atoms with Crippen LogP contribution in [0.5, 0.6) is 0 Å². The van der Waals surface area contributed by atoms with Crippen LogP contribution in [0.3, 0.4) is 0 Å². The van der Waals surface area contributed by atoms with Gasteiger partial charge in [-0.1, -0.05) is 5.16 Å². The summed E-state index contributed by atoms with van der Waals surface area (Å²) in [5.41, 5.74) is 7.04. The minimum atomic E-state index is -0.295. The van der Waals surface area contributed by atoms with Crippen LogP contribution in [0, 0.1) is 12.7 Å². The fourth-order valence-electron chi connectivity index (χ4n) is 2.08. The van der Waals surface area contributed by atoms with Crippen molar-refractivity contribution in [2.45, 2.75) is 25.2 Å². The molecule has 0 bridgehead atoms. The quantitative estimate of drug-likeness (QED) is 0.902. The molecule has 5 heteroatoms. The molecule has 1 aromatic carbocycles. The van der Waals surface area contributed by atoms with Crippen molar-refractivity contribution >= 4 is 0 Å². The van der Waals surface area contributed by atoms with Crippen molar-refractivity contribution in [2.24, 2.45) is 5.73 Å². The van der Waals surface area contributed by atoms with E-state index < -0.39 is 0 Å². The molecule has 0 aliphatic heterocycles. The van der Waals surface area contributed by atoms with Crippen molar-refractivity contribution in [3.05, 3.63) is 35.5 Å². The predicted octanol–water partition coefficient (Wildman–Crippen LogP) is 2.17. The highest BCUT2D eigenvalue weighted by Gasteiger charge is 2.48. The van der Waals surface area contributed by atoms with E-state index in [1.807, 2.05) is 13.0 Å². The summed E-state index contributed by atoms with van der Waals surface area (Å²) in [5, 5.41) is 3.91. The molecule has 2 N–H and O–H groups in total. The van der Waals surface area contributed by atoms with Gasteiger partial charge in [-0.15, -0.1) is 0 Å². The predicted molar refractivity (Wildman–Crippen MR) is 64.4 cm³/mol. The largest absolute Gasteiger partial charge is 0.338 e. The van der Waals surface area contributed by atoms with Gasteiger partial charge in [0.1, 0.15) is 5.82 Å². The van der Waals surface area contributed by atoms with E-state index in [9.17, 15) is 4.39 Å². The summed E-state index contributed by atoms with van der Waals surface area (Å²) in [6, 6.07) is 4.70. The van der Waals surface area contributed by atoms with Gasteiger partial charge in [0.15, 0.2) is 0 Å². The fraction of sp³-hybridized carbons (Fsp3) is 0.385. The SMILES string of the molecule is Cc1cc(F)cc(-c2noc(C3(CN)CC3)n2)c1. The number of halogens is 1. The summed E-state index contributed by atoms with van der Waals surface area (Å²) in [4.78, 5) is 4.34. The first kappa shape index (κ1) is 11.3. The zero-order chi connectivity index (χ0) is 12.8. The third-order valence-corrected chi connectivity index (χ3v) is 3.42. The molecule has 1 fully saturated rings. The normalized spacial score (nSPS) is 16.8. The van der Waals surface area contributed by atoms with E-state index in [-0.39, 0.29) is 11.2 Å². The first-order valence-electron chi connectivity index (χ1n) is 5.95. The molecule has 0 atom stereocenters. The lowest BCUT2D eigenvalue weighted by atomic mass is 10.1. The number of rotatable bonds is 3. The molecule has 0 radical (unpaired) electrons. The Morgan fingerprint density at radius 1 is 1.39 bits per heavy atom. The van der Waals surface area contributed by atoms with Gasteiger partial charge in [-0.25, -0.2) is 4.39 Å². The highest BCUT2D eigenvalue weighted by Crippen LogP contribution is 2.46. The van der Waals surface area contributed by atoms with Crippen LogP contribution in [0.15, 0.2) is 22.7 Å². The van der Waals surface area contributed by atoms with E-state index in [0.717, 1.165) is 18.4 Å². The van der Waals surface area contributed by atoms with Crippen molar-refractivity contribution in [3.8, 4) is 11.4 Å². The molecular formula is C13H14FN3O. The molecule has 0 unspecified atom stereocenters. The average molecular weight is 247 g/mol. The monoisotopic (exact) mass is 247 g/mol. The second-order valence-corrected chi connectivity index (χ2v) is 4.92. The number of nitrogens with two attached hydrogens (primary N) is 1. The molecule has 1 aliphatic carbocycles. The van der Waals surface area contributed by atoms with Crippen molar-refractivity contribution in [1.29, 1.82) is 0 Å². The van der Waals surface area contributed by atoms with Gasteiger partial charge in [-0.05, 0) is 43.5 Å². The fourth-order valence-corrected chi connectivity index (χ4v) is 2.08. The van der Waals surface area contributed by atoms with Crippen LogP contribution < -0.4 is 5.73 Å². The van der Waals surface area contributed by atoms with Crippen molar-refractivity contribution < 1.29 is 8.91 Å². The Hall–Kier alpha value is -1.75. The average Bonchev–Trinajstić information content (AvgIpc) is 2.97. The molecule has 94 valence electrons. The number of aromatic nitrogens is 2. The highest BCUT2D eigenvalue weighted by molar-refractivity contribution is 5.55. The molecule has 0 saturated heterocycles. The Morgan fingerprint density at radius 2 is 2.17 bits per heavy atom. The van der Waals surface area contributed by atoms with Crippen molar-refractivity contribution in [2.75, 3.05) is 6.54 Å². The minimum Gasteiger partial charge on any atom is -0.338 e. The van der Waals surface area contributed by atoms with Crippen LogP contribution in [0.2, 0.25) is 0 Å². The molecule has 2 aromatic rings. The third kappa shape index (κ3) is 1.80. The summed E-state index contributed by atoms with van der Waals surface area (Å²) in [6.07, 6.45) is 1.96. The minimum absolute atomic E-state index is 0.131. The van der Waals surface area contributed by atoms with Crippen molar-refractivity contribution in [1.82, 2.24) is 10.1 Å². The smallest absolute Gasteiger partial charge is 0.234 e. The number of benzene rings is 1. The molecule has 0 spiro atoms. The van der Waals surface area contributed by atoms with Gasteiger partial charge in [0.2, 0.25) is 11.7 Å². The number of aryl methyl sites for hydroxylation is 1. The molecule has 1 aliphatic rings. The standard InChI is InChI=1S/C13H14FN3O/c1-8-4-9(6-10(14)5-8)11-16-12(18-17-11)13(7-15)2-3-13/h4-6H,2-3,7,15H2,1H3. The van der Waals surface area contributed by atoms with E-state index >= 15 is 0 Å². The molecular weight excluding hydrogens is 233 g/mol. The van der Waals surface area contributed by atoms with Crippen LogP contribution in [-0.4, -0.2) is 16.7 Å². The second kappa shape index (κ2) is 3.88. The molecule has 1 heterocycles. The van der Waals surface area contributed by atoms with E-state index in [0.29, 0.717) is 23.8 Å². The summed E-state index contributed by atoms with van der Waals surface area (Å²) in [5.74, 6) is 0.700. The lowest BCUT2D eigenvalue weighted by Crippen LogP contribution is -2.19. The number of hydrogen-bond donors (Lipinski definition) is 1. The first-order valence-corrected chi connectivity index (χ1v) is 5.95. The van der Waals surface area contributed by atoms with Crippen LogP contribution in [0.1, 0.15) is 24.3 Å². The molecule has 18 heavy (non-hydrogen) atoms. The summed E-state index contributed by atoms with van der Waals surface area (Å²) >= 11 is 0. The van der Waals surface area contributed by atoms with Crippen LogP contribution in [0.25, 0.3) is 11.4 Å². The lowest BCUT2D eigenvalue weighted by Gasteiger charge is -2.03. The van der Waals surface area contributed by atoms with Gasteiger partial charge in [-0.2, -0.15) is 4.98 Å². The molecule has 1 saturated carbocycles. The van der Waals surface area contributed by atoms with Gasteiger partial charge in [0.05, 0.1) is 5.41 Å². The molecule has 3 rings (SSSR count). The summed E-state index contributed by atoms with van der Waals surface area (Å²) in [7, 11) is 0. The Kier molecular flexibility index (Phi) is 2.45. The Balaban J connectivity index is 1.98. The third-order valence-electron chi connectivity index (χ3n) is 3.42. The van der Waals surface area contributed by atoms with E-state index in [1.165, 1.54) is 12.1 Å². The van der Waals surface area contributed by atoms with Crippen molar-refractivity contribution in [3.63, 3.8) is 0 Å². The first-order chi connectivity index (χ1) is 8.63. The van der Waals surface area contributed by atoms with Crippen LogP contribution >= 0.6 is 0 Å². The second-order valence-electron chi connectivity index (χ2n) is 4.92.